The fraction of sp³-hybridized carbons (Fsp3) is 0.200. The molecule has 0 saturated heterocycles. The molecule has 0 unspecified atom stereocenters. The smallest absolute Gasteiger partial charge is 0.269 e. The topological polar surface area (TPSA) is 164 Å². The molecule has 0 aliphatic carbocycles. The van der Waals surface area contributed by atoms with Crippen LogP contribution in [0.25, 0.3) is 0 Å². The van der Waals surface area contributed by atoms with E-state index in [0.717, 1.165) is 6.20 Å². The largest absolute Gasteiger partial charge is 0.497 e. The van der Waals surface area contributed by atoms with Crippen molar-refractivity contribution in [2.75, 3.05) is 26.8 Å². The molecule has 0 saturated carbocycles. The van der Waals surface area contributed by atoms with E-state index in [1.54, 1.807) is 18.2 Å². The fourth-order valence-electron chi connectivity index (χ4n) is 3.25. The van der Waals surface area contributed by atoms with Crippen LogP contribution in [0.2, 0.25) is 5.02 Å². The third-order valence-electron chi connectivity index (χ3n) is 5.21. The van der Waals surface area contributed by atoms with Gasteiger partial charge in [-0.2, -0.15) is 0 Å². The number of rotatable bonds is 11. The molecule has 200 valence electrons. The summed E-state index contributed by atoms with van der Waals surface area (Å²) in [5, 5.41) is 14.2. The maximum absolute atomic E-state index is 12.8. The van der Waals surface area contributed by atoms with E-state index in [1.165, 1.54) is 43.5 Å². The van der Waals surface area contributed by atoms with Gasteiger partial charge in [0.2, 0.25) is 0 Å². The Morgan fingerprint density at radius 1 is 0.974 bits per heavy atom. The van der Waals surface area contributed by atoms with E-state index in [-0.39, 0.29) is 46.4 Å². The lowest BCUT2D eigenvalue weighted by Gasteiger charge is -2.10. The van der Waals surface area contributed by atoms with Crippen molar-refractivity contribution in [1.29, 1.82) is 0 Å². The number of methoxy groups -OCH3 is 1. The number of carbonyl (C=O) groups excluding carboxylic acids is 3. The number of aliphatic hydroxyl groups is 1. The van der Waals surface area contributed by atoms with Crippen LogP contribution in [-0.2, 0) is 16.4 Å². The summed E-state index contributed by atoms with van der Waals surface area (Å²) in [7, 11) is -2.74. The number of nitrogens with zero attached hydrogens (tertiary/aromatic N) is 1. The Labute approximate surface area is 224 Å². The first-order chi connectivity index (χ1) is 18.1. The van der Waals surface area contributed by atoms with Crippen LogP contribution in [0.4, 0.5) is 0 Å². The van der Waals surface area contributed by atoms with Crippen molar-refractivity contribution in [2.45, 2.75) is 11.3 Å². The first kappa shape index (κ1) is 28.6. The monoisotopic (exact) mass is 560 g/mol. The second-order valence-electron chi connectivity index (χ2n) is 7.85. The standard InChI is InChI=1S/C25H25ClN4O7S/c1-37-18-6-7-21(26)20(14-18)24(33)27-10-9-16-3-2-4-19(13-16)38(35,36)30-23(32)17-5-8-22(29-15-17)25(34)28-11-12-31/h2-8,13-15,31H,9-12H2,1H3,(H,27,33)(H,28,34)(H,30,32). The highest BCUT2D eigenvalue weighted by Crippen LogP contribution is 2.22. The van der Waals surface area contributed by atoms with Crippen LogP contribution in [0.15, 0.2) is 65.7 Å². The number of ether oxygens (including phenoxy) is 1. The minimum absolute atomic E-state index is 0.00585. The van der Waals surface area contributed by atoms with E-state index >= 15 is 0 Å². The molecule has 1 aromatic heterocycles. The van der Waals surface area contributed by atoms with Crippen molar-refractivity contribution < 1.29 is 32.6 Å². The molecule has 0 aliphatic rings. The molecular weight excluding hydrogens is 536 g/mol. The van der Waals surface area contributed by atoms with E-state index in [9.17, 15) is 22.8 Å². The van der Waals surface area contributed by atoms with Gasteiger partial charge in [0.05, 0.1) is 34.8 Å². The molecule has 11 nitrogen and oxygen atoms in total. The maximum Gasteiger partial charge on any atom is 0.269 e. The average molecular weight is 561 g/mol. The Morgan fingerprint density at radius 3 is 2.42 bits per heavy atom. The van der Waals surface area contributed by atoms with Crippen molar-refractivity contribution in [1.82, 2.24) is 20.3 Å². The maximum atomic E-state index is 12.8. The summed E-state index contributed by atoms with van der Waals surface area (Å²) in [5.74, 6) is -1.39. The van der Waals surface area contributed by atoms with Crippen LogP contribution in [-0.4, -0.2) is 63.0 Å². The molecule has 1 heterocycles. The van der Waals surface area contributed by atoms with E-state index in [4.69, 9.17) is 21.4 Å². The summed E-state index contributed by atoms with van der Waals surface area (Å²) in [4.78, 5) is 40.5. The Bertz CT molecular complexity index is 1430. The Kier molecular flexibility index (Phi) is 9.77. The number of pyridine rings is 1. The minimum atomic E-state index is -4.22. The lowest BCUT2D eigenvalue weighted by atomic mass is 10.1. The molecule has 38 heavy (non-hydrogen) atoms. The van der Waals surface area contributed by atoms with Gasteiger partial charge in [0, 0.05) is 19.3 Å². The van der Waals surface area contributed by atoms with Crippen LogP contribution in [0.5, 0.6) is 5.75 Å². The lowest BCUT2D eigenvalue weighted by molar-refractivity contribution is 0.0934. The highest BCUT2D eigenvalue weighted by atomic mass is 35.5. The number of nitrogens with one attached hydrogen (secondary N) is 3. The first-order valence-electron chi connectivity index (χ1n) is 11.3. The first-order valence-corrected chi connectivity index (χ1v) is 13.1. The lowest BCUT2D eigenvalue weighted by Crippen LogP contribution is -2.31. The molecule has 4 N–H and O–H groups in total. The number of halogens is 1. The molecule has 2 aromatic carbocycles. The molecule has 3 aromatic rings. The quantitative estimate of drug-likeness (QED) is 0.274. The second-order valence-corrected chi connectivity index (χ2v) is 9.93. The minimum Gasteiger partial charge on any atom is -0.497 e. The summed E-state index contributed by atoms with van der Waals surface area (Å²) in [6, 6.07) is 13.2. The van der Waals surface area contributed by atoms with Crippen molar-refractivity contribution in [3.8, 4) is 5.75 Å². The van der Waals surface area contributed by atoms with Crippen molar-refractivity contribution in [2.24, 2.45) is 0 Å². The molecule has 0 aliphatic heterocycles. The molecule has 0 atom stereocenters. The molecule has 3 amide bonds. The van der Waals surface area contributed by atoms with E-state index < -0.39 is 27.7 Å². The van der Waals surface area contributed by atoms with Crippen molar-refractivity contribution >= 4 is 39.3 Å². The van der Waals surface area contributed by atoms with Gasteiger partial charge in [0.25, 0.3) is 27.7 Å². The number of hydrogen-bond donors (Lipinski definition) is 4. The van der Waals surface area contributed by atoms with Crippen molar-refractivity contribution in [3.63, 3.8) is 0 Å². The molecule has 0 fully saturated rings. The van der Waals surface area contributed by atoms with Gasteiger partial charge >= 0.3 is 0 Å². The van der Waals surface area contributed by atoms with Gasteiger partial charge in [-0.3, -0.25) is 19.4 Å². The zero-order chi connectivity index (χ0) is 27.7. The molecule has 0 spiro atoms. The number of hydrogen-bond acceptors (Lipinski definition) is 8. The van der Waals surface area contributed by atoms with E-state index in [2.05, 4.69) is 15.6 Å². The van der Waals surface area contributed by atoms with E-state index in [1.807, 2.05) is 4.72 Å². The second kappa shape index (κ2) is 13.0. The van der Waals surface area contributed by atoms with Gasteiger partial charge < -0.3 is 20.5 Å². The van der Waals surface area contributed by atoms with Gasteiger partial charge in [-0.05, 0) is 54.4 Å². The number of carbonyl (C=O) groups is 3. The predicted octanol–water partition coefficient (Wildman–Crippen LogP) is 1.56. The molecule has 3 rings (SSSR count). The van der Waals surface area contributed by atoms with Crippen LogP contribution in [0, 0.1) is 0 Å². The number of aromatic nitrogens is 1. The van der Waals surface area contributed by atoms with Gasteiger partial charge in [-0.15, -0.1) is 0 Å². The number of aliphatic hydroxyl groups excluding tert-OH is 1. The fourth-order valence-corrected chi connectivity index (χ4v) is 4.50. The number of sulfonamides is 1. The van der Waals surface area contributed by atoms with E-state index in [0.29, 0.717) is 17.7 Å². The molecule has 0 radical (unpaired) electrons. The van der Waals surface area contributed by atoms with Gasteiger partial charge in [0.1, 0.15) is 11.4 Å². The summed E-state index contributed by atoms with van der Waals surface area (Å²) in [6.07, 6.45) is 1.39. The van der Waals surface area contributed by atoms with Gasteiger partial charge in [-0.25, -0.2) is 13.1 Å². The highest BCUT2D eigenvalue weighted by molar-refractivity contribution is 7.90. The van der Waals surface area contributed by atoms with Gasteiger partial charge in [-0.1, -0.05) is 23.7 Å². The van der Waals surface area contributed by atoms with Crippen LogP contribution in [0.1, 0.15) is 36.8 Å². The number of amides is 3. The Balaban J connectivity index is 1.61. The normalized spacial score (nSPS) is 10.9. The predicted molar refractivity (Wildman–Crippen MR) is 139 cm³/mol. The van der Waals surface area contributed by atoms with Crippen molar-refractivity contribution in [3.05, 3.63) is 88.2 Å². The summed E-state index contributed by atoms with van der Waals surface area (Å²) in [5.41, 5.74) is 0.796. The van der Waals surface area contributed by atoms with Gasteiger partial charge in [0.15, 0.2) is 0 Å². The summed E-state index contributed by atoms with van der Waals surface area (Å²) < 4.78 is 32.7. The zero-order valence-corrected chi connectivity index (χ0v) is 21.8. The van der Waals surface area contributed by atoms with Crippen LogP contribution < -0.4 is 20.1 Å². The van der Waals surface area contributed by atoms with Crippen LogP contribution >= 0.6 is 11.6 Å². The molecule has 13 heteroatoms. The highest BCUT2D eigenvalue weighted by Gasteiger charge is 2.20. The third kappa shape index (κ3) is 7.51. The third-order valence-corrected chi connectivity index (χ3v) is 6.87. The Morgan fingerprint density at radius 2 is 1.74 bits per heavy atom. The SMILES string of the molecule is COc1ccc(Cl)c(C(=O)NCCc2cccc(S(=O)(=O)NC(=O)c3ccc(C(=O)NCCO)nc3)c2)c1. The Hall–Kier alpha value is -4.00. The average Bonchev–Trinajstić information content (AvgIpc) is 2.92. The zero-order valence-electron chi connectivity index (χ0n) is 20.2. The summed E-state index contributed by atoms with van der Waals surface area (Å²) >= 11 is 6.09. The molecular formula is C25H25ClN4O7S. The number of benzene rings is 2. The molecule has 0 bridgehead atoms. The summed E-state index contributed by atoms with van der Waals surface area (Å²) in [6.45, 7) is 0.00724. The van der Waals surface area contributed by atoms with Crippen LogP contribution in [0.3, 0.4) is 0 Å².